The lowest BCUT2D eigenvalue weighted by molar-refractivity contribution is -0.129. The first-order chi connectivity index (χ1) is 15.5. The average Bonchev–Trinajstić information content (AvgIpc) is 3.26. The van der Waals surface area contributed by atoms with Gasteiger partial charge in [0.1, 0.15) is 11.5 Å². The lowest BCUT2D eigenvalue weighted by Gasteiger charge is -2.06. The van der Waals surface area contributed by atoms with Gasteiger partial charge < -0.3 is 5.32 Å². The Labute approximate surface area is 185 Å². The molecule has 0 aliphatic rings. The molecule has 0 bridgehead atoms. The minimum atomic E-state index is -0.387. The van der Waals surface area contributed by atoms with Crippen LogP contribution in [0.4, 0.5) is 10.1 Å². The van der Waals surface area contributed by atoms with E-state index < -0.39 is 0 Å². The Kier molecular flexibility index (Phi) is 8.44. The van der Waals surface area contributed by atoms with Crippen LogP contribution in [0.25, 0.3) is 11.3 Å². The summed E-state index contributed by atoms with van der Waals surface area (Å²) < 4.78 is 14.7. The fraction of sp³-hybridized carbons (Fsp3) is 0.304. The van der Waals surface area contributed by atoms with Crippen molar-refractivity contribution in [3.63, 3.8) is 0 Å². The van der Waals surface area contributed by atoms with Crippen LogP contribution in [0, 0.1) is 5.82 Å². The molecule has 0 atom stereocenters. The van der Waals surface area contributed by atoms with Crippen molar-refractivity contribution in [2.45, 2.75) is 45.1 Å². The minimum Gasteiger partial charge on any atom is -0.326 e. The summed E-state index contributed by atoms with van der Waals surface area (Å²) in [6, 6.07) is 13.6. The molecule has 0 aliphatic heterocycles. The molecule has 1 aromatic heterocycles. The Balaban J connectivity index is 1.43. The highest BCUT2D eigenvalue weighted by Gasteiger charge is 2.07. The second-order valence-corrected chi connectivity index (χ2v) is 7.50. The van der Waals surface area contributed by atoms with Crippen molar-refractivity contribution in [1.29, 1.82) is 0 Å². The molecule has 2 aromatic carbocycles. The number of carbonyl (C=O) groups excluding carboxylic acids is 2. The molecule has 0 saturated carbocycles. The second-order valence-electron chi connectivity index (χ2n) is 7.50. The second kappa shape index (κ2) is 11.7. The number of benzene rings is 2. The number of unbranched alkanes of at least 4 members (excludes halogenated alkanes) is 3. The molecule has 0 radical (unpaired) electrons. The van der Waals surface area contributed by atoms with Crippen LogP contribution in [0.5, 0.6) is 0 Å². The molecule has 1 heterocycles. The van der Waals surface area contributed by atoms with E-state index in [0.29, 0.717) is 30.8 Å². The van der Waals surface area contributed by atoms with E-state index in [1.807, 2.05) is 30.5 Å². The van der Waals surface area contributed by atoms with E-state index in [0.717, 1.165) is 30.4 Å². The van der Waals surface area contributed by atoms with Crippen LogP contribution >= 0.6 is 0 Å². The third kappa shape index (κ3) is 7.28. The highest BCUT2D eigenvalue weighted by molar-refractivity contribution is 5.90. The molecule has 0 fully saturated rings. The van der Waals surface area contributed by atoms with Gasteiger partial charge in [-0.3, -0.25) is 14.8 Å². The first-order valence-corrected chi connectivity index (χ1v) is 10.5. The quantitative estimate of drug-likeness (QED) is 0.238. The SMILES string of the molecule is O=C(CCCCCCC(=O)Nc1ccc(-c2cn(Cc3ccc(F)cc3)nn2)cc1)NO. The monoisotopic (exact) mass is 439 g/mol. The predicted octanol–water partition coefficient (Wildman–Crippen LogP) is 3.92. The van der Waals surface area contributed by atoms with E-state index in [-0.39, 0.29) is 24.1 Å². The normalized spacial score (nSPS) is 10.7. The molecule has 2 amide bonds. The summed E-state index contributed by atoms with van der Waals surface area (Å²) in [4.78, 5) is 23.0. The average molecular weight is 439 g/mol. The topological polar surface area (TPSA) is 109 Å². The lowest BCUT2D eigenvalue weighted by atomic mass is 10.1. The number of nitrogens with one attached hydrogen (secondary N) is 2. The van der Waals surface area contributed by atoms with Gasteiger partial charge >= 0.3 is 0 Å². The van der Waals surface area contributed by atoms with Crippen LogP contribution in [0.2, 0.25) is 0 Å². The standard InChI is InChI=1S/C23H26FN5O3/c24-19-11-7-17(8-12-19)15-29-16-21(26-28-29)18-9-13-20(14-10-18)25-22(30)5-3-1-2-4-6-23(31)27-32/h7-14,16,32H,1-6,15H2,(H,25,30)(H,27,31). The van der Waals surface area contributed by atoms with Crippen LogP contribution in [0.3, 0.4) is 0 Å². The number of carbonyl (C=O) groups is 2. The van der Waals surface area contributed by atoms with Gasteiger partial charge in [-0.1, -0.05) is 42.3 Å². The van der Waals surface area contributed by atoms with Crippen molar-refractivity contribution in [2.75, 3.05) is 5.32 Å². The molecule has 0 saturated heterocycles. The lowest BCUT2D eigenvalue weighted by Crippen LogP contribution is -2.17. The molecule has 0 aliphatic carbocycles. The number of amides is 2. The number of anilines is 1. The number of halogens is 1. The summed E-state index contributed by atoms with van der Waals surface area (Å²) in [6.07, 6.45) is 5.61. The van der Waals surface area contributed by atoms with Gasteiger partial charge in [-0.2, -0.15) is 0 Å². The molecule has 3 aromatic rings. The molecule has 0 unspecified atom stereocenters. The summed E-state index contributed by atoms with van der Waals surface area (Å²) in [5.41, 5.74) is 4.82. The zero-order valence-electron chi connectivity index (χ0n) is 17.6. The first kappa shape index (κ1) is 23.1. The zero-order chi connectivity index (χ0) is 22.8. The molecule has 3 N–H and O–H groups in total. The maximum absolute atomic E-state index is 13.0. The van der Waals surface area contributed by atoms with Crippen LogP contribution in [-0.2, 0) is 16.1 Å². The molecular formula is C23H26FN5O3. The number of nitrogens with zero attached hydrogens (tertiary/aromatic N) is 3. The minimum absolute atomic E-state index is 0.0592. The highest BCUT2D eigenvalue weighted by Crippen LogP contribution is 2.20. The van der Waals surface area contributed by atoms with E-state index in [4.69, 9.17) is 5.21 Å². The molecule has 9 heteroatoms. The first-order valence-electron chi connectivity index (χ1n) is 10.5. The largest absolute Gasteiger partial charge is 0.326 e. The fourth-order valence-electron chi connectivity index (χ4n) is 3.21. The van der Waals surface area contributed by atoms with Crippen molar-refractivity contribution < 1.29 is 19.2 Å². The summed E-state index contributed by atoms with van der Waals surface area (Å²) >= 11 is 0. The van der Waals surface area contributed by atoms with Crippen molar-refractivity contribution in [3.05, 3.63) is 66.1 Å². The Morgan fingerprint density at radius 2 is 1.56 bits per heavy atom. The highest BCUT2D eigenvalue weighted by atomic mass is 19.1. The van der Waals surface area contributed by atoms with E-state index in [1.165, 1.54) is 12.1 Å². The van der Waals surface area contributed by atoms with Crippen molar-refractivity contribution in [1.82, 2.24) is 20.5 Å². The van der Waals surface area contributed by atoms with Crippen molar-refractivity contribution in [3.8, 4) is 11.3 Å². The van der Waals surface area contributed by atoms with E-state index in [9.17, 15) is 14.0 Å². The fourth-order valence-corrected chi connectivity index (χ4v) is 3.21. The molecule has 32 heavy (non-hydrogen) atoms. The van der Waals surface area contributed by atoms with E-state index >= 15 is 0 Å². The van der Waals surface area contributed by atoms with Gasteiger partial charge in [0.25, 0.3) is 0 Å². The summed E-state index contributed by atoms with van der Waals surface area (Å²) in [7, 11) is 0. The summed E-state index contributed by atoms with van der Waals surface area (Å²) in [5.74, 6) is -0.720. The van der Waals surface area contributed by atoms with Gasteiger partial charge in [-0.15, -0.1) is 5.10 Å². The third-order valence-electron chi connectivity index (χ3n) is 4.94. The van der Waals surface area contributed by atoms with Crippen LogP contribution < -0.4 is 10.8 Å². The van der Waals surface area contributed by atoms with Gasteiger partial charge in [-0.05, 0) is 42.7 Å². The Hall–Kier alpha value is -3.59. The molecule has 3 rings (SSSR count). The van der Waals surface area contributed by atoms with Gasteiger partial charge in [0.15, 0.2) is 0 Å². The Morgan fingerprint density at radius 3 is 2.22 bits per heavy atom. The van der Waals surface area contributed by atoms with Gasteiger partial charge in [0.05, 0.1) is 12.7 Å². The van der Waals surface area contributed by atoms with Gasteiger partial charge in [0.2, 0.25) is 11.8 Å². The number of rotatable bonds is 11. The van der Waals surface area contributed by atoms with Crippen LogP contribution in [-0.4, -0.2) is 32.0 Å². The third-order valence-corrected chi connectivity index (χ3v) is 4.94. The molecule has 168 valence electrons. The Bertz CT molecular complexity index is 1020. The van der Waals surface area contributed by atoms with E-state index in [2.05, 4.69) is 15.6 Å². The summed E-state index contributed by atoms with van der Waals surface area (Å²) in [5, 5.41) is 19.6. The van der Waals surface area contributed by atoms with Gasteiger partial charge in [-0.25, -0.2) is 14.6 Å². The molecular weight excluding hydrogens is 413 g/mol. The number of hydrogen-bond donors (Lipinski definition) is 3. The zero-order valence-corrected chi connectivity index (χ0v) is 17.6. The molecule has 0 spiro atoms. The van der Waals surface area contributed by atoms with E-state index in [1.54, 1.807) is 22.3 Å². The van der Waals surface area contributed by atoms with Gasteiger partial charge in [0, 0.05) is 24.1 Å². The number of aromatic nitrogens is 3. The maximum Gasteiger partial charge on any atom is 0.243 e. The predicted molar refractivity (Wildman–Crippen MR) is 117 cm³/mol. The van der Waals surface area contributed by atoms with Crippen molar-refractivity contribution in [2.24, 2.45) is 0 Å². The summed E-state index contributed by atoms with van der Waals surface area (Å²) in [6.45, 7) is 0.496. The van der Waals surface area contributed by atoms with Crippen molar-refractivity contribution >= 4 is 17.5 Å². The number of hydroxylamine groups is 1. The smallest absolute Gasteiger partial charge is 0.243 e. The van der Waals surface area contributed by atoms with Crippen LogP contribution in [0.15, 0.2) is 54.7 Å². The maximum atomic E-state index is 13.0. The number of hydrogen-bond acceptors (Lipinski definition) is 5. The van der Waals surface area contributed by atoms with Crippen LogP contribution in [0.1, 0.15) is 44.1 Å². The molecule has 8 nitrogen and oxygen atoms in total. The Morgan fingerprint density at radius 1 is 0.906 bits per heavy atom.